The SMILES string of the molecule is OC(CS)C(O)c1cc(Br)c(Br)s1. The molecule has 0 amide bonds. The molecule has 0 fully saturated rings. The topological polar surface area (TPSA) is 40.5 Å². The maximum atomic E-state index is 9.60. The van der Waals surface area contributed by atoms with Gasteiger partial charge >= 0.3 is 0 Å². The standard InChI is InChI=1S/C7H8Br2O2S2/c8-3-1-5(13-7(3)9)6(11)4(10)2-12/h1,4,6,10-12H,2H2. The number of hydrogen-bond donors (Lipinski definition) is 3. The number of aliphatic hydroxyl groups excluding tert-OH is 2. The Hall–Kier alpha value is 0.930. The van der Waals surface area contributed by atoms with Crippen LogP contribution in [0.4, 0.5) is 0 Å². The summed E-state index contributed by atoms with van der Waals surface area (Å²) in [4.78, 5) is 0.723. The highest BCUT2D eigenvalue weighted by molar-refractivity contribution is 9.13. The Morgan fingerprint density at radius 1 is 1.46 bits per heavy atom. The number of aliphatic hydroxyl groups is 2. The molecule has 6 heteroatoms. The third-order valence-corrected chi connectivity index (χ3v) is 5.21. The van der Waals surface area contributed by atoms with Crippen molar-refractivity contribution in [3.05, 3.63) is 19.2 Å². The third kappa shape index (κ3) is 2.94. The number of rotatable bonds is 3. The van der Waals surface area contributed by atoms with Crippen LogP contribution in [0.1, 0.15) is 11.0 Å². The quantitative estimate of drug-likeness (QED) is 0.735. The van der Waals surface area contributed by atoms with E-state index in [0.717, 1.165) is 13.1 Å². The molecule has 0 radical (unpaired) electrons. The monoisotopic (exact) mass is 346 g/mol. The molecule has 0 saturated heterocycles. The molecule has 0 aliphatic heterocycles. The normalized spacial score (nSPS) is 15.8. The highest BCUT2D eigenvalue weighted by atomic mass is 79.9. The lowest BCUT2D eigenvalue weighted by atomic mass is 10.2. The molecule has 1 heterocycles. The van der Waals surface area contributed by atoms with Crippen molar-refractivity contribution >= 4 is 55.8 Å². The Bertz CT molecular complexity index is 271. The fourth-order valence-corrected chi connectivity index (χ4v) is 3.13. The van der Waals surface area contributed by atoms with Crippen LogP contribution in [-0.4, -0.2) is 22.1 Å². The van der Waals surface area contributed by atoms with E-state index in [-0.39, 0.29) is 5.75 Å². The van der Waals surface area contributed by atoms with Crippen LogP contribution in [0.25, 0.3) is 0 Å². The van der Waals surface area contributed by atoms with Gasteiger partial charge in [-0.2, -0.15) is 12.6 Å². The highest BCUT2D eigenvalue weighted by Gasteiger charge is 2.19. The van der Waals surface area contributed by atoms with Gasteiger partial charge in [-0.15, -0.1) is 11.3 Å². The molecule has 1 aromatic rings. The zero-order valence-electron chi connectivity index (χ0n) is 6.44. The number of thiol groups is 1. The summed E-state index contributed by atoms with van der Waals surface area (Å²) in [6, 6.07) is 1.78. The summed E-state index contributed by atoms with van der Waals surface area (Å²) in [6.45, 7) is 0. The van der Waals surface area contributed by atoms with E-state index >= 15 is 0 Å². The molecule has 0 bridgehead atoms. The summed E-state index contributed by atoms with van der Waals surface area (Å²) in [5.74, 6) is 0.244. The molecule has 74 valence electrons. The molecule has 1 rings (SSSR count). The van der Waals surface area contributed by atoms with E-state index in [0.29, 0.717) is 0 Å². The Labute approximate surface area is 103 Å². The van der Waals surface area contributed by atoms with Gasteiger partial charge in [-0.1, -0.05) is 0 Å². The first-order valence-electron chi connectivity index (χ1n) is 3.48. The number of halogens is 2. The van der Waals surface area contributed by atoms with Crippen molar-refractivity contribution in [3.63, 3.8) is 0 Å². The predicted molar refractivity (Wildman–Crippen MR) is 64.5 cm³/mol. The Morgan fingerprint density at radius 3 is 2.46 bits per heavy atom. The van der Waals surface area contributed by atoms with Gasteiger partial charge in [-0.25, -0.2) is 0 Å². The van der Waals surface area contributed by atoms with Gasteiger partial charge in [0.1, 0.15) is 6.10 Å². The highest BCUT2D eigenvalue weighted by Crippen LogP contribution is 2.36. The Morgan fingerprint density at radius 2 is 2.08 bits per heavy atom. The summed E-state index contributed by atoms with van der Waals surface area (Å²) in [7, 11) is 0. The molecule has 0 saturated carbocycles. The molecule has 0 aliphatic carbocycles. The van der Waals surface area contributed by atoms with Crippen LogP contribution in [0.5, 0.6) is 0 Å². The van der Waals surface area contributed by atoms with Gasteiger partial charge in [0.25, 0.3) is 0 Å². The molecule has 2 unspecified atom stereocenters. The van der Waals surface area contributed by atoms with E-state index < -0.39 is 12.2 Å². The molecule has 2 nitrogen and oxygen atoms in total. The van der Waals surface area contributed by atoms with Crippen molar-refractivity contribution in [1.82, 2.24) is 0 Å². The number of hydrogen-bond acceptors (Lipinski definition) is 4. The van der Waals surface area contributed by atoms with Crippen molar-refractivity contribution in [1.29, 1.82) is 0 Å². The molecule has 13 heavy (non-hydrogen) atoms. The predicted octanol–water partition coefficient (Wildman–Crippen LogP) is 2.60. The van der Waals surface area contributed by atoms with Crippen molar-refractivity contribution in [2.24, 2.45) is 0 Å². The van der Waals surface area contributed by atoms with E-state index in [1.165, 1.54) is 11.3 Å². The molecule has 1 aromatic heterocycles. The maximum absolute atomic E-state index is 9.60. The van der Waals surface area contributed by atoms with E-state index in [9.17, 15) is 10.2 Å². The fourth-order valence-electron chi connectivity index (χ4n) is 0.799. The summed E-state index contributed by atoms with van der Waals surface area (Å²) >= 11 is 11.9. The first-order chi connectivity index (χ1) is 6.06. The Balaban J connectivity index is 2.82. The van der Waals surface area contributed by atoms with Gasteiger partial charge in [0.05, 0.1) is 9.89 Å². The minimum atomic E-state index is -0.856. The second kappa shape index (κ2) is 5.14. The average Bonchev–Trinajstić information content (AvgIpc) is 2.44. The first-order valence-corrected chi connectivity index (χ1v) is 6.51. The van der Waals surface area contributed by atoms with Crippen molar-refractivity contribution in [2.75, 3.05) is 5.75 Å². The molecular weight excluding hydrogens is 340 g/mol. The fraction of sp³-hybridized carbons (Fsp3) is 0.429. The van der Waals surface area contributed by atoms with Crippen LogP contribution in [0, 0.1) is 0 Å². The number of thiophene rings is 1. The van der Waals surface area contributed by atoms with Crippen LogP contribution in [-0.2, 0) is 0 Å². The van der Waals surface area contributed by atoms with Crippen LogP contribution < -0.4 is 0 Å². The minimum Gasteiger partial charge on any atom is -0.389 e. The van der Waals surface area contributed by atoms with E-state index in [1.54, 1.807) is 6.07 Å². The van der Waals surface area contributed by atoms with Crippen LogP contribution in [0.15, 0.2) is 14.3 Å². The van der Waals surface area contributed by atoms with E-state index in [1.807, 2.05) is 0 Å². The van der Waals surface area contributed by atoms with Crippen LogP contribution in [0.2, 0.25) is 0 Å². The summed E-state index contributed by atoms with van der Waals surface area (Å²) in [5, 5.41) is 18.9. The van der Waals surface area contributed by atoms with Gasteiger partial charge in [0.2, 0.25) is 0 Å². The molecule has 0 aliphatic rings. The van der Waals surface area contributed by atoms with Crippen LogP contribution >= 0.6 is 55.8 Å². The van der Waals surface area contributed by atoms with Gasteiger partial charge in [-0.05, 0) is 37.9 Å². The van der Waals surface area contributed by atoms with Gasteiger partial charge < -0.3 is 10.2 Å². The van der Waals surface area contributed by atoms with Gasteiger partial charge in [0, 0.05) is 15.1 Å². The molecule has 2 N–H and O–H groups in total. The lowest BCUT2D eigenvalue weighted by Gasteiger charge is -2.13. The lowest BCUT2D eigenvalue weighted by molar-refractivity contribution is 0.0360. The zero-order chi connectivity index (χ0) is 10.0. The molecule has 0 spiro atoms. The van der Waals surface area contributed by atoms with Crippen LogP contribution in [0.3, 0.4) is 0 Å². The molecule has 0 aromatic carbocycles. The summed E-state index contributed by atoms with van der Waals surface area (Å²) < 4.78 is 1.80. The maximum Gasteiger partial charge on any atom is 0.115 e. The second-order valence-electron chi connectivity index (χ2n) is 2.47. The first kappa shape index (κ1) is 12.0. The van der Waals surface area contributed by atoms with Gasteiger partial charge in [0.15, 0.2) is 0 Å². The lowest BCUT2D eigenvalue weighted by Crippen LogP contribution is -2.18. The molecule has 2 atom stereocenters. The summed E-state index contributed by atoms with van der Waals surface area (Å²) in [5.41, 5.74) is 0. The third-order valence-electron chi connectivity index (χ3n) is 1.51. The van der Waals surface area contributed by atoms with Gasteiger partial charge in [-0.3, -0.25) is 0 Å². The summed E-state index contributed by atoms with van der Waals surface area (Å²) in [6.07, 6.45) is -1.68. The van der Waals surface area contributed by atoms with Crippen molar-refractivity contribution in [2.45, 2.75) is 12.2 Å². The van der Waals surface area contributed by atoms with E-state index in [4.69, 9.17) is 0 Å². The van der Waals surface area contributed by atoms with Crippen molar-refractivity contribution in [3.8, 4) is 0 Å². The van der Waals surface area contributed by atoms with E-state index in [2.05, 4.69) is 44.5 Å². The minimum absolute atomic E-state index is 0.244. The van der Waals surface area contributed by atoms with Crippen molar-refractivity contribution < 1.29 is 10.2 Å². The molecular formula is C7H8Br2O2S2. The smallest absolute Gasteiger partial charge is 0.115 e. The average molecular weight is 348 g/mol. The zero-order valence-corrected chi connectivity index (χ0v) is 11.3. The Kier molecular flexibility index (Phi) is 4.74. The second-order valence-corrected chi connectivity index (χ2v) is 6.09. The largest absolute Gasteiger partial charge is 0.389 e.